The fourth-order valence-electron chi connectivity index (χ4n) is 1.67. The molecule has 1 aromatic carbocycles. The first-order valence-electron chi connectivity index (χ1n) is 5.42. The quantitative estimate of drug-likeness (QED) is 0.645. The summed E-state index contributed by atoms with van der Waals surface area (Å²) in [7, 11) is 1.47. The molecule has 7 heteroatoms. The van der Waals surface area contributed by atoms with Crippen LogP contribution in [0.4, 0.5) is 8.78 Å². The molecule has 0 saturated heterocycles. The SMILES string of the molecule is COc1cc(C(NN)c2ccc(F)c(F)c2)ncn1. The van der Waals surface area contributed by atoms with E-state index >= 15 is 0 Å². The molecule has 0 saturated carbocycles. The minimum atomic E-state index is -0.946. The van der Waals surface area contributed by atoms with Gasteiger partial charge in [0, 0.05) is 6.07 Å². The van der Waals surface area contributed by atoms with Crippen molar-refractivity contribution in [3.63, 3.8) is 0 Å². The Morgan fingerprint density at radius 1 is 1.21 bits per heavy atom. The molecule has 0 aliphatic rings. The van der Waals surface area contributed by atoms with Crippen LogP contribution in [0, 0.1) is 11.6 Å². The summed E-state index contributed by atoms with van der Waals surface area (Å²) in [5.41, 5.74) is 3.43. The van der Waals surface area contributed by atoms with Crippen molar-refractivity contribution < 1.29 is 13.5 Å². The van der Waals surface area contributed by atoms with E-state index in [2.05, 4.69) is 15.4 Å². The van der Waals surface area contributed by atoms with Gasteiger partial charge in [0.2, 0.25) is 5.88 Å². The smallest absolute Gasteiger partial charge is 0.216 e. The van der Waals surface area contributed by atoms with E-state index < -0.39 is 17.7 Å². The zero-order valence-electron chi connectivity index (χ0n) is 10.1. The molecule has 0 radical (unpaired) electrons. The molecule has 1 atom stereocenters. The molecular formula is C12H12F2N4O. The van der Waals surface area contributed by atoms with Crippen molar-refractivity contribution in [3.8, 4) is 5.88 Å². The Hall–Kier alpha value is -2.12. The van der Waals surface area contributed by atoms with E-state index in [1.165, 1.54) is 19.5 Å². The van der Waals surface area contributed by atoms with Gasteiger partial charge in [0.05, 0.1) is 18.8 Å². The lowest BCUT2D eigenvalue weighted by molar-refractivity contribution is 0.395. The van der Waals surface area contributed by atoms with Gasteiger partial charge in [-0.15, -0.1) is 0 Å². The van der Waals surface area contributed by atoms with Crippen LogP contribution in [0.1, 0.15) is 17.3 Å². The van der Waals surface area contributed by atoms with Crippen LogP contribution in [0.25, 0.3) is 0 Å². The monoisotopic (exact) mass is 266 g/mol. The van der Waals surface area contributed by atoms with Crippen molar-refractivity contribution >= 4 is 0 Å². The highest BCUT2D eigenvalue weighted by Gasteiger charge is 2.16. The van der Waals surface area contributed by atoms with Gasteiger partial charge in [0.15, 0.2) is 11.6 Å². The first-order chi connectivity index (χ1) is 9.15. The van der Waals surface area contributed by atoms with Crippen LogP contribution in [0.5, 0.6) is 5.88 Å². The van der Waals surface area contributed by atoms with Gasteiger partial charge in [-0.2, -0.15) is 0 Å². The lowest BCUT2D eigenvalue weighted by Crippen LogP contribution is -2.29. The third-order valence-electron chi connectivity index (χ3n) is 2.61. The fraction of sp³-hybridized carbons (Fsp3) is 0.167. The molecule has 2 rings (SSSR count). The van der Waals surface area contributed by atoms with Crippen molar-refractivity contribution in [2.24, 2.45) is 5.84 Å². The number of hydrogen-bond acceptors (Lipinski definition) is 5. The summed E-state index contributed by atoms with van der Waals surface area (Å²) in [5.74, 6) is 3.94. The fourth-order valence-corrected chi connectivity index (χ4v) is 1.67. The highest BCUT2D eigenvalue weighted by molar-refractivity contribution is 5.30. The summed E-state index contributed by atoms with van der Waals surface area (Å²) in [6.07, 6.45) is 1.30. The molecule has 0 amide bonds. The summed E-state index contributed by atoms with van der Waals surface area (Å²) >= 11 is 0. The Labute approximate surface area is 108 Å². The van der Waals surface area contributed by atoms with E-state index in [4.69, 9.17) is 10.6 Å². The van der Waals surface area contributed by atoms with Gasteiger partial charge in [-0.05, 0) is 17.7 Å². The number of methoxy groups -OCH3 is 1. The zero-order valence-corrected chi connectivity index (χ0v) is 10.1. The number of nitrogens with two attached hydrogens (primary N) is 1. The highest BCUT2D eigenvalue weighted by Crippen LogP contribution is 2.22. The van der Waals surface area contributed by atoms with Crippen molar-refractivity contribution in [3.05, 3.63) is 53.5 Å². The highest BCUT2D eigenvalue weighted by atomic mass is 19.2. The van der Waals surface area contributed by atoms with E-state index in [9.17, 15) is 8.78 Å². The van der Waals surface area contributed by atoms with Crippen LogP contribution in [0.15, 0.2) is 30.6 Å². The summed E-state index contributed by atoms with van der Waals surface area (Å²) in [6.45, 7) is 0. The molecule has 0 aliphatic heterocycles. The molecule has 0 spiro atoms. The number of hydrazine groups is 1. The van der Waals surface area contributed by atoms with Crippen LogP contribution in [-0.2, 0) is 0 Å². The molecule has 1 unspecified atom stereocenters. The second-order valence-corrected chi connectivity index (χ2v) is 3.76. The van der Waals surface area contributed by atoms with Crippen LogP contribution >= 0.6 is 0 Å². The molecule has 1 aromatic heterocycles. The van der Waals surface area contributed by atoms with Crippen LogP contribution in [0.3, 0.4) is 0 Å². The molecular weight excluding hydrogens is 254 g/mol. The Morgan fingerprint density at radius 2 is 2.00 bits per heavy atom. The number of nitrogens with one attached hydrogen (secondary N) is 1. The Morgan fingerprint density at radius 3 is 2.63 bits per heavy atom. The second kappa shape index (κ2) is 5.68. The van der Waals surface area contributed by atoms with E-state index in [1.54, 1.807) is 6.07 Å². The van der Waals surface area contributed by atoms with Gasteiger partial charge in [-0.3, -0.25) is 5.84 Å². The molecule has 0 bridgehead atoms. The maximum Gasteiger partial charge on any atom is 0.216 e. The lowest BCUT2D eigenvalue weighted by atomic mass is 10.0. The average molecular weight is 266 g/mol. The van der Waals surface area contributed by atoms with Crippen molar-refractivity contribution in [1.29, 1.82) is 0 Å². The van der Waals surface area contributed by atoms with E-state index in [0.29, 0.717) is 17.1 Å². The Kier molecular flexibility index (Phi) is 3.98. The molecule has 2 aromatic rings. The predicted octanol–water partition coefficient (Wildman–Crippen LogP) is 1.32. The largest absolute Gasteiger partial charge is 0.481 e. The van der Waals surface area contributed by atoms with Crippen LogP contribution < -0.4 is 16.0 Å². The maximum atomic E-state index is 13.2. The molecule has 1 heterocycles. The average Bonchev–Trinajstić information content (AvgIpc) is 2.44. The van der Waals surface area contributed by atoms with Gasteiger partial charge < -0.3 is 4.74 Å². The number of ether oxygens (including phenoxy) is 1. The van der Waals surface area contributed by atoms with Gasteiger partial charge in [0.1, 0.15) is 6.33 Å². The topological polar surface area (TPSA) is 73.1 Å². The minimum Gasteiger partial charge on any atom is -0.481 e. The van der Waals surface area contributed by atoms with Gasteiger partial charge in [-0.25, -0.2) is 24.2 Å². The Balaban J connectivity index is 2.40. The van der Waals surface area contributed by atoms with Gasteiger partial charge in [-0.1, -0.05) is 6.07 Å². The summed E-state index contributed by atoms with van der Waals surface area (Å²) in [5, 5.41) is 0. The Bertz CT molecular complexity index is 579. The lowest BCUT2D eigenvalue weighted by Gasteiger charge is -2.16. The number of halogens is 2. The third kappa shape index (κ3) is 2.83. The summed E-state index contributed by atoms with van der Waals surface area (Å²) in [4.78, 5) is 7.90. The third-order valence-corrected chi connectivity index (χ3v) is 2.61. The normalized spacial score (nSPS) is 12.2. The second-order valence-electron chi connectivity index (χ2n) is 3.76. The predicted molar refractivity (Wildman–Crippen MR) is 64.1 cm³/mol. The summed E-state index contributed by atoms with van der Waals surface area (Å²) in [6, 6.07) is 4.50. The van der Waals surface area contributed by atoms with Crippen LogP contribution in [-0.4, -0.2) is 17.1 Å². The van der Waals surface area contributed by atoms with Gasteiger partial charge in [0.25, 0.3) is 0 Å². The zero-order chi connectivity index (χ0) is 13.8. The van der Waals surface area contributed by atoms with E-state index in [-0.39, 0.29) is 0 Å². The van der Waals surface area contributed by atoms with Crippen molar-refractivity contribution in [1.82, 2.24) is 15.4 Å². The van der Waals surface area contributed by atoms with Crippen LogP contribution in [0.2, 0.25) is 0 Å². The number of hydrogen-bond donors (Lipinski definition) is 2. The standard InChI is InChI=1S/C12H12F2N4O/c1-19-11-5-10(16-6-17-11)12(18-15)7-2-3-8(13)9(14)4-7/h2-6,12,18H,15H2,1H3. The first-order valence-corrected chi connectivity index (χ1v) is 5.42. The molecule has 19 heavy (non-hydrogen) atoms. The molecule has 100 valence electrons. The molecule has 5 nitrogen and oxygen atoms in total. The number of nitrogens with zero attached hydrogens (tertiary/aromatic N) is 2. The van der Waals surface area contributed by atoms with E-state index in [1.807, 2.05) is 0 Å². The summed E-state index contributed by atoms with van der Waals surface area (Å²) < 4.78 is 31.1. The maximum absolute atomic E-state index is 13.2. The van der Waals surface area contributed by atoms with Crippen molar-refractivity contribution in [2.45, 2.75) is 6.04 Å². The number of benzene rings is 1. The molecule has 0 aliphatic carbocycles. The first kappa shape index (κ1) is 13.3. The minimum absolute atomic E-state index is 0.354. The number of rotatable bonds is 4. The van der Waals surface area contributed by atoms with Gasteiger partial charge >= 0.3 is 0 Å². The number of aromatic nitrogens is 2. The van der Waals surface area contributed by atoms with E-state index in [0.717, 1.165) is 12.1 Å². The molecule has 0 fully saturated rings. The van der Waals surface area contributed by atoms with Crippen molar-refractivity contribution in [2.75, 3.05) is 7.11 Å². The molecule has 3 N–H and O–H groups in total.